The fourth-order valence-electron chi connectivity index (χ4n) is 3.82. The van der Waals surface area contributed by atoms with Crippen LogP contribution in [0.4, 0.5) is 0 Å². The van der Waals surface area contributed by atoms with E-state index in [-0.39, 0.29) is 17.7 Å². The second kappa shape index (κ2) is 9.19. The van der Waals surface area contributed by atoms with Gasteiger partial charge in [-0.15, -0.1) is 23.1 Å². The van der Waals surface area contributed by atoms with Crippen molar-refractivity contribution in [2.75, 3.05) is 6.61 Å². The summed E-state index contributed by atoms with van der Waals surface area (Å²) in [6.07, 6.45) is 1.18. The van der Waals surface area contributed by atoms with Gasteiger partial charge in [-0.3, -0.25) is 4.79 Å². The van der Waals surface area contributed by atoms with Crippen molar-refractivity contribution in [1.29, 1.82) is 0 Å². The van der Waals surface area contributed by atoms with Crippen LogP contribution in [0.1, 0.15) is 61.5 Å². The second-order valence-corrected chi connectivity index (χ2v) is 9.77. The van der Waals surface area contributed by atoms with Gasteiger partial charge in [0.15, 0.2) is 5.78 Å². The molecule has 0 N–H and O–H groups in total. The Labute approximate surface area is 185 Å². The Morgan fingerprint density at radius 2 is 1.83 bits per heavy atom. The smallest absolute Gasteiger partial charge is 0.348 e. The van der Waals surface area contributed by atoms with Gasteiger partial charge >= 0.3 is 5.97 Å². The Morgan fingerprint density at radius 1 is 1.10 bits per heavy atom. The number of hydrogen-bond acceptors (Lipinski definition) is 5. The van der Waals surface area contributed by atoms with Crippen molar-refractivity contribution in [1.82, 2.24) is 0 Å². The van der Waals surface area contributed by atoms with E-state index in [1.165, 1.54) is 22.5 Å². The molecule has 1 aromatic heterocycles. The Balaban J connectivity index is 1.67. The topological polar surface area (TPSA) is 43.4 Å². The highest BCUT2D eigenvalue weighted by Gasteiger charge is 2.35. The highest BCUT2D eigenvalue weighted by molar-refractivity contribution is 8.00. The summed E-state index contributed by atoms with van der Waals surface area (Å²) in [5, 5.41) is 0. The number of carbonyl (C=O) groups is 2. The van der Waals surface area contributed by atoms with E-state index < -0.39 is 0 Å². The van der Waals surface area contributed by atoms with Gasteiger partial charge in [-0.05, 0) is 42.9 Å². The summed E-state index contributed by atoms with van der Waals surface area (Å²) in [4.78, 5) is 26.5. The maximum absolute atomic E-state index is 13.2. The summed E-state index contributed by atoms with van der Waals surface area (Å²) in [5.41, 5.74) is 5.16. The zero-order valence-electron chi connectivity index (χ0n) is 17.1. The summed E-state index contributed by atoms with van der Waals surface area (Å²) in [5.74, 6) is 0.678. The molecule has 1 atom stereocenters. The van der Waals surface area contributed by atoms with Gasteiger partial charge in [0.2, 0.25) is 0 Å². The maximum Gasteiger partial charge on any atom is 0.348 e. The van der Waals surface area contributed by atoms with Crippen LogP contribution in [-0.2, 0) is 16.9 Å². The lowest BCUT2D eigenvalue weighted by Gasteiger charge is -2.23. The maximum atomic E-state index is 13.2. The van der Waals surface area contributed by atoms with Crippen molar-refractivity contribution in [3.63, 3.8) is 0 Å². The van der Waals surface area contributed by atoms with Crippen LogP contribution >= 0.6 is 23.1 Å². The highest BCUT2D eigenvalue weighted by atomic mass is 32.2. The number of esters is 1. The van der Waals surface area contributed by atoms with E-state index in [4.69, 9.17) is 4.74 Å². The first-order valence-electron chi connectivity index (χ1n) is 10.2. The van der Waals surface area contributed by atoms with Gasteiger partial charge in [0, 0.05) is 17.7 Å². The highest BCUT2D eigenvalue weighted by Crippen LogP contribution is 2.44. The SMILES string of the molecule is CCOC(=O)c1sc(SCc2ccccc2)c2c1CC(c1ccc(C)cc1)CC2=O. The Bertz CT molecular complexity index is 1050. The molecular formula is C25H24O3S2. The first-order valence-corrected chi connectivity index (χ1v) is 12.0. The number of ether oxygens (including phenoxy) is 1. The van der Waals surface area contributed by atoms with Crippen LogP contribution in [-0.4, -0.2) is 18.4 Å². The van der Waals surface area contributed by atoms with E-state index in [1.807, 2.05) is 25.1 Å². The molecule has 1 aliphatic carbocycles. The first kappa shape index (κ1) is 20.9. The number of hydrogen-bond donors (Lipinski definition) is 0. The van der Waals surface area contributed by atoms with Crippen molar-refractivity contribution in [3.05, 3.63) is 87.3 Å². The molecule has 30 heavy (non-hydrogen) atoms. The number of fused-ring (bicyclic) bond motifs is 1. The van der Waals surface area contributed by atoms with Gasteiger partial charge in [-0.1, -0.05) is 60.2 Å². The number of thioether (sulfide) groups is 1. The molecular weight excluding hydrogens is 412 g/mol. The van der Waals surface area contributed by atoms with Gasteiger partial charge in [-0.25, -0.2) is 4.79 Å². The first-order chi connectivity index (χ1) is 14.6. The van der Waals surface area contributed by atoms with E-state index in [1.54, 1.807) is 11.8 Å². The van der Waals surface area contributed by atoms with Crippen LogP contribution in [0.3, 0.4) is 0 Å². The molecule has 0 saturated carbocycles. The van der Waals surface area contributed by atoms with Gasteiger partial charge in [-0.2, -0.15) is 0 Å². The zero-order valence-corrected chi connectivity index (χ0v) is 18.8. The van der Waals surface area contributed by atoms with E-state index in [2.05, 4.69) is 43.3 Å². The van der Waals surface area contributed by atoms with Crippen molar-refractivity contribution in [3.8, 4) is 0 Å². The fourth-order valence-corrected chi connectivity index (χ4v) is 6.33. The standard InChI is InChI=1S/C25H24O3S2/c1-3-28-24(27)23-20-13-19(18-11-9-16(2)10-12-18)14-21(26)22(20)25(30-23)29-15-17-7-5-4-6-8-17/h4-12,19H,3,13-15H2,1-2H3. The third-order valence-electron chi connectivity index (χ3n) is 5.36. The molecule has 0 radical (unpaired) electrons. The van der Waals surface area contributed by atoms with Crippen LogP contribution in [0.25, 0.3) is 0 Å². The Hall–Kier alpha value is -2.37. The van der Waals surface area contributed by atoms with Crippen LogP contribution < -0.4 is 0 Å². The number of Topliss-reactive ketones (excluding diaryl/α,β-unsaturated/α-hetero) is 1. The van der Waals surface area contributed by atoms with Crippen LogP contribution in [0.2, 0.25) is 0 Å². The van der Waals surface area contributed by atoms with Gasteiger partial charge in [0.25, 0.3) is 0 Å². The minimum atomic E-state index is -0.317. The molecule has 3 nitrogen and oxygen atoms in total. The summed E-state index contributed by atoms with van der Waals surface area (Å²) in [6.45, 7) is 4.19. The molecule has 1 unspecified atom stereocenters. The van der Waals surface area contributed by atoms with Crippen molar-refractivity contribution < 1.29 is 14.3 Å². The van der Waals surface area contributed by atoms with Crippen molar-refractivity contribution in [2.45, 2.75) is 42.6 Å². The summed E-state index contributed by atoms with van der Waals surface area (Å²) >= 11 is 3.05. The van der Waals surface area contributed by atoms with Crippen LogP contribution in [0, 0.1) is 6.92 Å². The van der Waals surface area contributed by atoms with Gasteiger partial charge < -0.3 is 4.74 Å². The van der Waals surface area contributed by atoms with Gasteiger partial charge in [0.05, 0.1) is 10.8 Å². The predicted octanol–water partition coefficient (Wildman–Crippen LogP) is 6.44. The molecule has 5 heteroatoms. The lowest BCUT2D eigenvalue weighted by molar-refractivity contribution is 0.0531. The minimum Gasteiger partial charge on any atom is -0.462 e. The van der Waals surface area contributed by atoms with E-state index in [9.17, 15) is 9.59 Å². The molecule has 4 rings (SSSR count). The van der Waals surface area contributed by atoms with Crippen LogP contribution in [0.15, 0.2) is 58.8 Å². The number of aryl methyl sites for hydroxylation is 1. The summed E-state index contributed by atoms with van der Waals surface area (Å²) in [7, 11) is 0. The van der Waals surface area contributed by atoms with E-state index >= 15 is 0 Å². The molecule has 0 aliphatic heterocycles. The summed E-state index contributed by atoms with van der Waals surface area (Å²) < 4.78 is 6.25. The molecule has 2 aromatic carbocycles. The average molecular weight is 437 g/mol. The second-order valence-electron chi connectivity index (χ2n) is 7.51. The van der Waals surface area contributed by atoms with Crippen molar-refractivity contribution >= 4 is 34.9 Å². The lowest BCUT2D eigenvalue weighted by atomic mass is 9.80. The number of carbonyl (C=O) groups excluding carboxylic acids is 2. The fraction of sp³-hybridized carbons (Fsp3) is 0.280. The third kappa shape index (κ3) is 4.37. The van der Waals surface area contributed by atoms with Crippen molar-refractivity contribution in [2.24, 2.45) is 0 Å². The molecule has 0 amide bonds. The lowest BCUT2D eigenvalue weighted by Crippen LogP contribution is -2.20. The molecule has 154 valence electrons. The predicted molar refractivity (Wildman–Crippen MR) is 123 cm³/mol. The molecule has 0 saturated heterocycles. The quantitative estimate of drug-likeness (QED) is 0.329. The molecule has 0 bridgehead atoms. The molecule has 1 heterocycles. The van der Waals surface area contributed by atoms with E-state index in [0.29, 0.717) is 24.3 Å². The summed E-state index contributed by atoms with van der Waals surface area (Å²) in [6, 6.07) is 18.5. The molecule has 1 aliphatic rings. The monoisotopic (exact) mass is 436 g/mol. The zero-order chi connectivity index (χ0) is 21.1. The Morgan fingerprint density at radius 3 is 2.53 bits per heavy atom. The van der Waals surface area contributed by atoms with Crippen LogP contribution in [0.5, 0.6) is 0 Å². The number of rotatable bonds is 6. The van der Waals surface area contributed by atoms with E-state index in [0.717, 1.165) is 26.7 Å². The Kier molecular flexibility index (Phi) is 6.40. The van der Waals surface area contributed by atoms with Gasteiger partial charge in [0.1, 0.15) is 4.88 Å². The molecule has 0 spiro atoms. The number of benzene rings is 2. The number of thiophene rings is 1. The largest absolute Gasteiger partial charge is 0.462 e. The normalized spacial score (nSPS) is 15.7. The molecule has 3 aromatic rings. The number of ketones is 1. The average Bonchev–Trinajstić information content (AvgIpc) is 3.13. The molecule has 0 fully saturated rings. The third-order valence-corrected chi connectivity index (χ3v) is 7.91. The minimum absolute atomic E-state index is 0.0975.